The van der Waals surface area contributed by atoms with Gasteiger partial charge in [0, 0.05) is 0 Å². The predicted octanol–water partition coefficient (Wildman–Crippen LogP) is 2.56. The van der Waals surface area contributed by atoms with Crippen LogP contribution in [0.5, 0.6) is 0 Å². The zero-order valence-electron chi connectivity index (χ0n) is 27.7. The Balaban J connectivity index is 1.40. The summed E-state index contributed by atoms with van der Waals surface area (Å²) in [5, 5.41) is 75.5. The van der Waals surface area contributed by atoms with Crippen LogP contribution in [-0.4, -0.2) is 103 Å². The van der Waals surface area contributed by atoms with E-state index in [9.17, 15) is 35.7 Å². The maximum absolute atomic E-state index is 12.0. The van der Waals surface area contributed by atoms with Crippen molar-refractivity contribution in [2.75, 3.05) is 13.2 Å². The maximum atomic E-state index is 12.0. The highest BCUT2D eigenvalue weighted by Gasteiger charge is 2.66. The van der Waals surface area contributed by atoms with Gasteiger partial charge in [-0.3, -0.25) is 0 Å². The minimum Gasteiger partial charge on any atom is -0.394 e. The second kappa shape index (κ2) is 12.8. The molecule has 7 N–H and O–H groups in total. The Kier molecular flexibility index (Phi) is 10.1. The van der Waals surface area contributed by atoms with Crippen LogP contribution in [0.25, 0.3) is 0 Å². The van der Waals surface area contributed by atoms with E-state index in [-0.39, 0.29) is 47.0 Å². The molecule has 1 heterocycles. The quantitative estimate of drug-likeness (QED) is 0.202. The molecule has 5 fully saturated rings. The van der Waals surface area contributed by atoms with Gasteiger partial charge >= 0.3 is 0 Å². The Morgan fingerprint density at radius 2 is 1.52 bits per heavy atom. The summed E-state index contributed by atoms with van der Waals surface area (Å²) in [4.78, 5) is 0. The average molecular weight is 625 g/mol. The zero-order valence-corrected chi connectivity index (χ0v) is 27.7. The molecule has 9 heteroatoms. The highest BCUT2D eigenvalue weighted by Crippen LogP contribution is 2.68. The molecule has 0 aromatic rings. The maximum Gasteiger partial charge on any atom is 0.111 e. The summed E-state index contributed by atoms with van der Waals surface area (Å²) >= 11 is 0. The average Bonchev–Trinajstić information content (AvgIpc) is 3.33. The van der Waals surface area contributed by atoms with Crippen molar-refractivity contribution in [1.82, 2.24) is 0 Å². The van der Waals surface area contributed by atoms with Gasteiger partial charge in [0.25, 0.3) is 0 Å². The highest BCUT2D eigenvalue weighted by atomic mass is 16.6. The Hall–Kier alpha value is -0.620. The van der Waals surface area contributed by atoms with E-state index in [0.717, 1.165) is 32.1 Å². The molecule has 0 aromatic heterocycles. The molecular formula is C35H60O9. The monoisotopic (exact) mass is 624 g/mol. The lowest BCUT2D eigenvalue weighted by molar-refractivity contribution is -0.252. The fraction of sp³-hybridized carbons (Fsp3) is 0.943. The van der Waals surface area contributed by atoms with Crippen molar-refractivity contribution in [1.29, 1.82) is 0 Å². The number of fused-ring (bicyclic) bond motifs is 5. The van der Waals surface area contributed by atoms with Crippen molar-refractivity contribution in [3.05, 3.63) is 11.6 Å². The number of hydrogen-bond donors (Lipinski definition) is 7. The molecule has 0 spiro atoms. The highest BCUT2D eigenvalue weighted by molar-refractivity contribution is 5.15. The number of allylic oxidation sites excluding steroid dienone is 2. The first-order chi connectivity index (χ1) is 20.6. The van der Waals surface area contributed by atoms with Crippen LogP contribution in [0.2, 0.25) is 0 Å². The molecule has 5 aliphatic rings. The lowest BCUT2D eigenvalue weighted by atomic mass is 9.44. The summed E-state index contributed by atoms with van der Waals surface area (Å²) in [7, 11) is 0. The molecule has 5 rings (SSSR count). The molecule has 0 amide bonds. The molecule has 4 aliphatic carbocycles. The van der Waals surface area contributed by atoms with Crippen LogP contribution in [0.1, 0.15) is 92.9 Å². The van der Waals surface area contributed by atoms with Gasteiger partial charge in [-0.1, -0.05) is 32.4 Å². The molecule has 13 unspecified atom stereocenters. The molecule has 44 heavy (non-hydrogen) atoms. The van der Waals surface area contributed by atoms with Gasteiger partial charge < -0.3 is 45.2 Å². The topological polar surface area (TPSA) is 160 Å². The van der Waals surface area contributed by atoms with Crippen molar-refractivity contribution in [2.24, 2.45) is 46.3 Å². The summed E-state index contributed by atoms with van der Waals surface area (Å²) in [5.74, 6) is 0.876. The van der Waals surface area contributed by atoms with Gasteiger partial charge in [-0.15, -0.1) is 0 Å². The molecule has 1 aliphatic heterocycles. The van der Waals surface area contributed by atoms with Crippen molar-refractivity contribution in [2.45, 2.75) is 147 Å². The molecule has 1 saturated heterocycles. The summed E-state index contributed by atoms with van der Waals surface area (Å²) in [6.45, 7) is 12.2. The van der Waals surface area contributed by atoms with Crippen LogP contribution in [0.15, 0.2) is 11.6 Å². The normalized spacial score (nSPS) is 49.8. The predicted molar refractivity (Wildman–Crippen MR) is 165 cm³/mol. The van der Waals surface area contributed by atoms with E-state index >= 15 is 0 Å². The van der Waals surface area contributed by atoms with Gasteiger partial charge in [-0.05, 0) is 118 Å². The Morgan fingerprint density at radius 1 is 0.864 bits per heavy atom. The zero-order chi connectivity index (χ0) is 32.4. The summed E-state index contributed by atoms with van der Waals surface area (Å²) in [6.07, 6.45) is 0.912. The second-order valence-corrected chi connectivity index (χ2v) is 16.5. The van der Waals surface area contributed by atoms with Crippen molar-refractivity contribution >= 4 is 0 Å². The Morgan fingerprint density at radius 3 is 2.18 bits per heavy atom. The third-order valence-electron chi connectivity index (χ3n) is 13.4. The standard InChI is InChI=1S/C35H60O9/c1-18(2)8-7-12-35(6,43-17-26-31(41)32(42)30(40)25(16-36)44-26)21-11-13-34(5)22-15-24(38)28-19(9-10-27(39)33(28,3)4)20(22)14-23(37)29(21)34/h8,19-32,36-42H,7,9-17H2,1-6H3/t19?,20?,21?,22?,23?,24-,25+,26?,27?,28?,29?,30?,31?,32?,34-,35?/m0/s1. The van der Waals surface area contributed by atoms with Gasteiger partial charge in [0.15, 0.2) is 0 Å². The Labute approximate surface area is 263 Å². The van der Waals surface area contributed by atoms with Crippen LogP contribution in [0, 0.1) is 46.3 Å². The smallest absolute Gasteiger partial charge is 0.111 e. The van der Waals surface area contributed by atoms with Crippen molar-refractivity contribution < 1.29 is 45.2 Å². The summed E-state index contributed by atoms with van der Waals surface area (Å²) in [6, 6.07) is 0. The third-order valence-corrected chi connectivity index (χ3v) is 13.4. The fourth-order valence-corrected chi connectivity index (χ4v) is 11.0. The van der Waals surface area contributed by atoms with E-state index in [4.69, 9.17) is 9.47 Å². The molecule has 0 radical (unpaired) electrons. The van der Waals surface area contributed by atoms with Crippen molar-refractivity contribution in [3.63, 3.8) is 0 Å². The summed E-state index contributed by atoms with van der Waals surface area (Å²) < 4.78 is 12.5. The fourth-order valence-electron chi connectivity index (χ4n) is 11.0. The van der Waals surface area contributed by atoms with Gasteiger partial charge in [-0.25, -0.2) is 0 Å². The second-order valence-electron chi connectivity index (χ2n) is 16.5. The van der Waals surface area contributed by atoms with Crippen LogP contribution < -0.4 is 0 Å². The van der Waals surface area contributed by atoms with E-state index in [1.807, 2.05) is 0 Å². The van der Waals surface area contributed by atoms with Crippen molar-refractivity contribution in [3.8, 4) is 0 Å². The van der Waals surface area contributed by atoms with E-state index in [2.05, 4.69) is 47.6 Å². The minimum absolute atomic E-state index is 0.0191. The number of aliphatic hydroxyl groups excluding tert-OH is 7. The van der Waals surface area contributed by atoms with Crippen LogP contribution in [-0.2, 0) is 9.47 Å². The molecule has 9 nitrogen and oxygen atoms in total. The molecule has 0 bridgehead atoms. The summed E-state index contributed by atoms with van der Waals surface area (Å²) in [5.41, 5.74) is -0.00275. The first-order valence-electron chi connectivity index (χ1n) is 17.2. The van der Waals surface area contributed by atoms with E-state index in [1.54, 1.807) is 0 Å². The van der Waals surface area contributed by atoms with E-state index in [1.165, 1.54) is 5.57 Å². The number of aliphatic hydroxyl groups is 7. The molecule has 0 aromatic carbocycles. The van der Waals surface area contributed by atoms with E-state index in [0.29, 0.717) is 25.2 Å². The molecule has 254 valence electrons. The van der Waals surface area contributed by atoms with Gasteiger partial charge in [0.1, 0.15) is 30.5 Å². The Bertz CT molecular complexity index is 1030. The minimum atomic E-state index is -1.45. The lowest BCUT2D eigenvalue weighted by Crippen LogP contribution is -2.62. The number of ether oxygens (including phenoxy) is 2. The molecule has 4 saturated carbocycles. The first-order valence-corrected chi connectivity index (χ1v) is 17.2. The lowest BCUT2D eigenvalue weighted by Gasteiger charge is -2.63. The van der Waals surface area contributed by atoms with Gasteiger partial charge in [0.2, 0.25) is 0 Å². The van der Waals surface area contributed by atoms with E-state index < -0.39 is 61.0 Å². The largest absolute Gasteiger partial charge is 0.394 e. The van der Waals surface area contributed by atoms with Crippen LogP contribution in [0.3, 0.4) is 0 Å². The van der Waals surface area contributed by atoms with Gasteiger partial charge in [-0.2, -0.15) is 0 Å². The first kappa shape index (κ1) is 34.7. The van der Waals surface area contributed by atoms with Gasteiger partial charge in [0.05, 0.1) is 37.1 Å². The molecular weight excluding hydrogens is 564 g/mol. The number of rotatable bonds is 8. The SMILES string of the molecule is CC(C)=CCCC(C)(OCC1O[C@H](CO)C(O)C(O)C1O)C1CC[C@@]2(C)C3C[C@H](O)C4C(CCC(O)C4(C)C)C3CC(O)C12. The van der Waals surface area contributed by atoms with Crippen LogP contribution in [0.4, 0.5) is 0 Å². The molecule has 16 atom stereocenters. The van der Waals surface area contributed by atoms with Crippen LogP contribution >= 0.6 is 0 Å². The third kappa shape index (κ3) is 5.85. The number of hydrogen-bond acceptors (Lipinski definition) is 9.